The first-order valence-electron chi connectivity index (χ1n) is 8.64. The third-order valence-electron chi connectivity index (χ3n) is 4.16. The number of carbonyl (C=O) groups excluding carboxylic acids is 1. The Morgan fingerprint density at radius 2 is 2.04 bits per heavy atom. The van der Waals surface area contributed by atoms with Gasteiger partial charge in [0.05, 0.1) is 10.2 Å². The number of thiazole rings is 1. The molecule has 2 heterocycles. The number of anilines is 1. The quantitative estimate of drug-likeness (QED) is 0.437. The minimum Gasteiger partial charge on any atom is -0.485 e. The van der Waals surface area contributed by atoms with Crippen LogP contribution in [0.5, 0.6) is 5.75 Å². The lowest BCUT2D eigenvalue weighted by atomic mass is 10.2. The maximum Gasteiger partial charge on any atom is 0.293 e. The van der Waals surface area contributed by atoms with Gasteiger partial charge in [-0.05, 0) is 67.4 Å². The molecule has 0 saturated carbocycles. The van der Waals surface area contributed by atoms with E-state index >= 15 is 0 Å². The van der Waals surface area contributed by atoms with Crippen LogP contribution in [0.4, 0.5) is 5.13 Å². The van der Waals surface area contributed by atoms with Gasteiger partial charge in [-0.1, -0.05) is 29.0 Å². The van der Waals surface area contributed by atoms with Gasteiger partial charge in [0, 0.05) is 5.02 Å². The molecule has 0 aliphatic carbocycles. The fourth-order valence-electron chi connectivity index (χ4n) is 2.75. The zero-order valence-electron chi connectivity index (χ0n) is 15.3. The van der Waals surface area contributed by atoms with Gasteiger partial charge in [-0.2, -0.15) is 0 Å². The summed E-state index contributed by atoms with van der Waals surface area (Å²) in [6, 6.07) is 14.7. The van der Waals surface area contributed by atoms with E-state index in [4.69, 9.17) is 20.8 Å². The molecular weight excluding hydrogens is 396 g/mol. The van der Waals surface area contributed by atoms with E-state index < -0.39 is 0 Å². The molecule has 28 heavy (non-hydrogen) atoms. The number of fused-ring (bicyclic) bond motifs is 1. The second-order valence-corrected chi connectivity index (χ2v) is 7.88. The summed E-state index contributed by atoms with van der Waals surface area (Å²) < 4.78 is 12.4. The van der Waals surface area contributed by atoms with Crippen molar-refractivity contribution in [3.63, 3.8) is 0 Å². The molecule has 4 aromatic rings. The lowest BCUT2D eigenvalue weighted by Crippen LogP contribution is -2.10. The highest BCUT2D eigenvalue weighted by molar-refractivity contribution is 7.22. The number of furan rings is 1. The first kappa shape index (κ1) is 18.5. The largest absolute Gasteiger partial charge is 0.485 e. The predicted molar refractivity (Wildman–Crippen MR) is 112 cm³/mol. The zero-order valence-corrected chi connectivity index (χ0v) is 16.9. The smallest absolute Gasteiger partial charge is 0.293 e. The molecule has 0 unspecified atom stereocenters. The molecule has 142 valence electrons. The van der Waals surface area contributed by atoms with E-state index in [-0.39, 0.29) is 18.3 Å². The molecule has 4 rings (SSSR count). The van der Waals surface area contributed by atoms with Crippen LogP contribution in [-0.4, -0.2) is 10.9 Å². The second kappa shape index (κ2) is 7.66. The summed E-state index contributed by atoms with van der Waals surface area (Å²) in [5, 5.41) is 3.99. The van der Waals surface area contributed by atoms with Gasteiger partial charge < -0.3 is 9.15 Å². The second-order valence-electron chi connectivity index (χ2n) is 6.41. The van der Waals surface area contributed by atoms with Crippen molar-refractivity contribution in [2.45, 2.75) is 20.5 Å². The fraction of sp³-hybridized carbons (Fsp3) is 0.143. The van der Waals surface area contributed by atoms with Crippen LogP contribution in [0, 0.1) is 13.8 Å². The monoisotopic (exact) mass is 412 g/mol. The van der Waals surface area contributed by atoms with Gasteiger partial charge in [0.2, 0.25) is 0 Å². The minimum atomic E-state index is -0.343. The lowest BCUT2D eigenvalue weighted by Gasteiger charge is -2.07. The Morgan fingerprint density at radius 3 is 2.86 bits per heavy atom. The zero-order chi connectivity index (χ0) is 19.7. The van der Waals surface area contributed by atoms with E-state index in [1.807, 2.05) is 44.2 Å². The maximum atomic E-state index is 12.4. The molecule has 7 heteroatoms. The van der Waals surface area contributed by atoms with Crippen LogP contribution in [-0.2, 0) is 6.61 Å². The molecule has 2 aromatic carbocycles. The van der Waals surface area contributed by atoms with Gasteiger partial charge >= 0.3 is 0 Å². The van der Waals surface area contributed by atoms with E-state index in [1.54, 1.807) is 18.2 Å². The van der Waals surface area contributed by atoms with Crippen LogP contribution in [0.15, 0.2) is 52.9 Å². The average Bonchev–Trinajstić information content (AvgIpc) is 3.27. The molecule has 5 nitrogen and oxygen atoms in total. The topological polar surface area (TPSA) is 64.4 Å². The number of benzene rings is 2. The number of hydrogen-bond donors (Lipinski definition) is 1. The highest BCUT2D eigenvalue weighted by atomic mass is 35.5. The summed E-state index contributed by atoms with van der Waals surface area (Å²) in [5.41, 5.74) is 2.95. The fourth-order valence-corrected chi connectivity index (χ4v) is 3.93. The number of halogens is 1. The number of ether oxygens (including phenoxy) is 1. The van der Waals surface area contributed by atoms with Crippen molar-refractivity contribution in [1.29, 1.82) is 0 Å². The average molecular weight is 413 g/mol. The van der Waals surface area contributed by atoms with Crippen LogP contribution < -0.4 is 10.1 Å². The maximum absolute atomic E-state index is 12.4. The molecule has 0 fully saturated rings. The highest BCUT2D eigenvalue weighted by Crippen LogP contribution is 2.27. The molecule has 0 bridgehead atoms. The Morgan fingerprint density at radius 1 is 1.18 bits per heavy atom. The Hall–Kier alpha value is -2.83. The molecule has 0 aliphatic heterocycles. The highest BCUT2D eigenvalue weighted by Gasteiger charge is 2.14. The number of nitrogens with zero attached hydrogens (tertiary/aromatic N) is 1. The summed E-state index contributed by atoms with van der Waals surface area (Å²) >= 11 is 7.38. The summed E-state index contributed by atoms with van der Waals surface area (Å²) in [5.74, 6) is 1.14. The summed E-state index contributed by atoms with van der Waals surface area (Å²) in [6.45, 7) is 4.16. The molecule has 0 radical (unpaired) electrons. The summed E-state index contributed by atoms with van der Waals surface area (Å²) in [7, 11) is 0. The van der Waals surface area contributed by atoms with E-state index in [1.165, 1.54) is 11.3 Å². The molecule has 0 atom stereocenters. The standard InChI is InChI=1S/C21H17ClN2O3S/c1-12-3-6-16-19(9-12)28-21(23-16)24-20(25)18-8-5-15(27-18)11-26-17-7-4-14(22)10-13(17)2/h3-10H,11H2,1-2H3,(H,23,24,25). The van der Waals surface area contributed by atoms with Crippen molar-refractivity contribution in [2.75, 3.05) is 5.32 Å². The minimum absolute atomic E-state index is 0.210. The molecule has 0 spiro atoms. The molecule has 0 saturated heterocycles. The first-order chi connectivity index (χ1) is 13.5. The lowest BCUT2D eigenvalue weighted by molar-refractivity contribution is 0.0992. The van der Waals surface area contributed by atoms with Crippen molar-refractivity contribution in [1.82, 2.24) is 4.98 Å². The van der Waals surface area contributed by atoms with E-state index in [0.29, 0.717) is 15.9 Å². The number of aryl methyl sites for hydroxylation is 2. The first-order valence-corrected chi connectivity index (χ1v) is 9.83. The number of amides is 1. The van der Waals surface area contributed by atoms with Crippen LogP contribution >= 0.6 is 22.9 Å². The molecule has 1 N–H and O–H groups in total. The number of rotatable bonds is 5. The Balaban J connectivity index is 1.42. The van der Waals surface area contributed by atoms with E-state index in [0.717, 1.165) is 27.1 Å². The molecule has 2 aromatic heterocycles. The van der Waals surface area contributed by atoms with Crippen LogP contribution in [0.25, 0.3) is 10.2 Å². The van der Waals surface area contributed by atoms with Gasteiger partial charge in [0.1, 0.15) is 18.1 Å². The number of aromatic nitrogens is 1. The SMILES string of the molecule is Cc1ccc2nc(NC(=O)c3ccc(COc4ccc(Cl)cc4C)o3)sc2c1. The van der Waals surface area contributed by atoms with E-state index in [2.05, 4.69) is 10.3 Å². The summed E-state index contributed by atoms with van der Waals surface area (Å²) in [6.07, 6.45) is 0. The Labute approximate surface area is 170 Å². The van der Waals surface area contributed by atoms with Gasteiger partial charge in [0.25, 0.3) is 5.91 Å². The van der Waals surface area contributed by atoms with Crippen molar-refractivity contribution in [3.8, 4) is 5.75 Å². The molecule has 1 amide bonds. The van der Waals surface area contributed by atoms with Gasteiger partial charge in [-0.25, -0.2) is 4.98 Å². The normalized spacial score (nSPS) is 11.0. The Bertz CT molecular complexity index is 1170. The number of hydrogen-bond acceptors (Lipinski definition) is 5. The van der Waals surface area contributed by atoms with Crippen molar-refractivity contribution >= 4 is 44.2 Å². The van der Waals surface area contributed by atoms with Crippen molar-refractivity contribution in [3.05, 3.63) is 76.2 Å². The van der Waals surface area contributed by atoms with Crippen molar-refractivity contribution < 1.29 is 13.9 Å². The third kappa shape index (κ3) is 4.03. The summed E-state index contributed by atoms with van der Waals surface area (Å²) in [4.78, 5) is 16.9. The van der Waals surface area contributed by atoms with Gasteiger partial charge in [-0.3, -0.25) is 10.1 Å². The van der Waals surface area contributed by atoms with Crippen LogP contribution in [0.1, 0.15) is 27.4 Å². The van der Waals surface area contributed by atoms with Crippen LogP contribution in [0.3, 0.4) is 0 Å². The van der Waals surface area contributed by atoms with Crippen molar-refractivity contribution in [2.24, 2.45) is 0 Å². The molecule has 0 aliphatic rings. The third-order valence-corrected chi connectivity index (χ3v) is 5.33. The number of nitrogens with one attached hydrogen (secondary N) is 1. The predicted octanol–water partition coefficient (Wildman–Crippen LogP) is 5.99. The van der Waals surface area contributed by atoms with E-state index in [9.17, 15) is 4.79 Å². The van der Waals surface area contributed by atoms with Gasteiger partial charge in [-0.15, -0.1) is 0 Å². The van der Waals surface area contributed by atoms with Gasteiger partial charge in [0.15, 0.2) is 10.9 Å². The Kier molecular flexibility index (Phi) is 5.07. The number of carbonyl (C=O) groups is 1. The molecular formula is C21H17ClN2O3S. The van der Waals surface area contributed by atoms with Crippen LogP contribution in [0.2, 0.25) is 5.02 Å².